The molecule has 0 aliphatic carbocycles. The van der Waals surface area contributed by atoms with Gasteiger partial charge in [0.05, 0.1) is 5.69 Å². The average molecular weight is 253 g/mol. The Morgan fingerprint density at radius 2 is 2.18 bits per heavy atom. The van der Waals surface area contributed by atoms with Crippen molar-refractivity contribution in [2.45, 2.75) is 52.0 Å². The molecule has 0 amide bonds. The molecule has 0 saturated carbocycles. The molecule has 1 saturated heterocycles. The van der Waals surface area contributed by atoms with Crippen LogP contribution < -0.4 is 5.73 Å². The molecule has 96 valence electrons. The molecule has 1 aromatic rings. The highest BCUT2D eigenvalue weighted by Crippen LogP contribution is 2.37. The van der Waals surface area contributed by atoms with Gasteiger partial charge in [0, 0.05) is 23.6 Å². The number of nitrogens with two attached hydrogens (primary N) is 1. The standard InChI is InChI=1S/C13H23N3S/c1-5-16-11(14)10(9-6-7-17-8-9)15-12(16)13(2,3)4/h9H,5-8,14H2,1-4H3. The number of imidazole rings is 1. The molecule has 1 unspecified atom stereocenters. The van der Waals surface area contributed by atoms with Crippen LogP contribution in [0.15, 0.2) is 0 Å². The van der Waals surface area contributed by atoms with E-state index < -0.39 is 0 Å². The van der Waals surface area contributed by atoms with Crippen LogP contribution in [-0.4, -0.2) is 21.1 Å². The van der Waals surface area contributed by atoms with Gasteiger partial charge in [-0.3, -0.25) is 0 Å². The van der Waals surface area contributed by atoms with Gasteiger partial charge in [0.2, 0.25) is 0 Å². The van der Waals surface area contributed by atoms with Crippen molar-refractivity contribution in [2.24, 2.45) is 0 Å². The van der Waals surface area contributed by atoms with Crippen molar-refractivity contribution in [1.82, 2.24) is 9.55 Å². The maximum Gasteiger partial charge on any atom is 0.127 e. The van der Waals surface area contributed by atoms with E-state index in [1.165, 1.54) is 17.9 Å². The maximum absolute atomic E-state index is 6.28. The van der Waals surface area contributed by atoms with E-state index in [-0.39, 0.29) is 5.41 Å². The molecule has 2 N–H and O–H groups in total. The highest BCUT2D eigenvalue weighted by atomic mass is 32.2. The number of nitrogen functional groups attached to an aromatic ring is 1. The van der Waals surface area contributed by atoms with E-state index in [9.17, 15) is 0 Å². The third-order valence-electron chi connectivity index (χ3n) is 3.34. The largest absolute Gasteiger partial charge is 0.384 e. The fourth-order valence-corrected chi connectivity index (χ4v) is 3.65. The molecule has 1 aromatic heterocycles. The minimum Gasteiger partial charge on any atom is -0.384 e. The Bertz CT molecular complexity index is 398. The highest BCUT2D eigenvalue weighted by molar-refractivity contribution is 7.99. The molecule has 2 heterocycles. The molecule has 3 nitrogen and oxygen atoms in total. The minimum absolute atomic E-state index is 0.0636. The lowest BCUT2D eigenvalue weighted by atomic mass is 9.95. The summed E-state index contributed by atoms with van der Waals surface area (Å²) in [5.41, 5.74) is 7.49. The summed E-state index contributed by atoms with van der Waals surface area (Å²) in [4.78, 5) is 4.86. The van der Waals surface area contributed by atoms with Crippen LogP contribution in [0.1, 0.15) is 51.6 Å². The van der Waals surface area contributed by atoms with Crippen molar-refractivity contribution in [3.63, 3.8) is 0 Å². The van der Waals surface area contributed by atoms with Gasteiger partial charge in [0.15, 0.2) is 0 Å². The number of nitrogens with zero attached hydrogens (tertiary/aromatic N) is 2. The predicted octanol–water partition coefficient (Wildman–Crippen LogP) is 3.00. The van der Waals surface area contributed by atoms with Crippen molar-refractivity contribution in [2.75, 3.05) is 17.2 Å². The van der Waals surface area contributed by atoms with Crippen LogP contribution in [0.5, 0.6) is 0 Å². The second kappa shape index (κ2) is 4.56. The van der Waals surface area contributed by atoms with E-state index in [4.69, 9.17) is 10.7 Å². The van der Waals surface area contributed by atoms with Crippen LogP contribution in [0.4, 0.5) is 5.82 Å². The summed E-state index contributed by atoms with van der Waals surface area (Å²) in [6.45, 7) is 9.65. The molecule has 2 rings (SSSR count). The molecule has 4 heteroatoms. The molecule has 0 radical (unpaired) electrons. The first-order valence-electron chi connectivity index (χ1n) is 6.39. The van der Waals surface area contributed by atoms with Crippen LogP contribution in [0.3, 0.4) is 0 Å². The van der Waals surface area contributed by atoms with Gasteiger partial charge in [-0.25, -0.2) is 4.98 Å². The van der Waals surface area contributed by atoms with Gasteiger partial charge in [-0.05, 0) is 19.1 Å². The monoisotopic (exact) mass is 253 g/mol. The fraction of sp³-hybridized carbons (Fsp3) is 0.769. The van der Waals surface area contributed by atoms with E-state index in [0.29, 0.717) is 5.92 Å². The van der Waals surface area contributed by atoms with Crippen molar-refractivity contribution in [1.29, 1.82) is 0 Å². The summed E-state index contributed by atoms with van der Waals surface area (Å²) in [5.74, 6) is 5.01. The zero-order chi connectivity index (χ0) is 12.6. The second-order valence-electron chi connectivity index (χ2n) is 5.76. The van der Waals surface area contributed by atoms with Crippen LogP contribution in [0, 0.1) is 0 Å². The van der Waals surface area contributed by atoms with Gasteiger partial charge in [0.25, 0.3) is 0 Å². The van der Waals surface area contributed by atoms with E-state index in [0.717, 1.165) is 23.9 Å². The molecular weight excluding hydrogens is 230 g/mol. The Morgan fingerprint density at radius 1 is 1.47 bits per heavy atom. The summed E-state index contributed by atoms with van der Waals surface area (Å²) in [5, 5.41) is 0. The SMILES string of the molecule is CCn1c(C(C)(C)C)nc(C2CCSC2)c1N. The summed E-state index contributed by atoms with van der Waals surface area (Å²) in [6.07, 6.45) is 1.22. The third-order valence-corrected chi connectivity index (χ3v) is 4.50. The molecule has 1 atom stereocenters. The van der Waals surface area contributed by atoms with Crippen LogP contribution in [0.25, 0.3) is 0 Å². The molecule has 1 fully saturated rings. The van der Waals surface area contributed by atoms with Crippen LogP contribution in [0.2, 0.25) is 0 Å². The number of anilines is 1. The van der Waals surface area contributed by atoms with Crippen molar-refractivity contribution in [3.05, 3.63) is 11.5 Å². The number of aromatic nitrogens is 2. The fourth-order valence-electron chi connectivity index (χ4n) is 2.43. The number of rotatable bonds is 2. The number of thioether (sulfide) groups is 1. The van der Waals surface area contributed by atoms with Crippen molar-refractivity contribution >= 4 is 17.6 Å². The van der Waals surface area contributed by atoms with Gasteiger partial charge in [0.1, 0.15) is 11.6 Å². The predicted molar refractivity (Wildman–Crippen MR) is 75.7 cm³/mol. The topological polar surface area (TPSA) is 43.8 Å². The third kappa shape index (κ3) is 2.32. The number of hydrogen-bond donors (Lipinski definition) is 1. The molecule has 17 heavy (non-hydrogen) atoms. The van der Waals surface area contributed by atoms with E-state index in [2.05, 4.69) is 32.3 Å². The average Bonchev–Trinajstić information content (AvgIpc) is 2.82. The zero-order valence-corrected chi connectivity index (χ0v) is 12.1. The maximum atomic E-state index is 6.28. The summed E-state index contributed by atoms with van der Waals surface area (Å²) >= 11 is 2.01. The lowest BCUT2D eigenvalue weighted by Gasteiger charge is -2.19. The molecule has 0 spiro atoms. The second-order valence-corrected chi connectivity index (χ2v) is 6.91. The first-order valence-corrected chi connectivity index (χ1v) is 7.54. The van der Waals surface area contributed by atoms with E-state index >= 15 is 0 Å². The Hall–Kier alpha value is -0.640. The molecule has 0 bridgehead atoms. The van der Waals surface area contributed by atoms with Gasteiger partial charge < -0.3 is 10.3 Å². The molecular formula is C13H23N3S. The van der Waals surface area contributed by atoms with Crippen LogP contribution in [-0.2, 0) is 12.0 Å². The van der Waals surface area contributed by atoms with E-state index in [1.54, 1.807) is 0 Å². The molecule has 1 aliphatic rings. The molecule has 1 aliphatic heterocycles. The highest BCUT2D eigenvalue weighted by Gasteiger charge is 2.29. The van der Waals surface area contributed by atoms with Crippen LogP contribution >= 0.6 is 11.8 Å². The Kier molecular flexibility index (Phi) is 3.43. The first-order chi connectivity index (χ1) is 7.95. The normalized spacial score (nSPS) is 21.1. The van der Waals surface area contributed by atoms with Crippen molar-refractivity contribution in [3.8, 4) is 0 Å². The Morgan fingerprint density at radius 3 is 2.59 bits per heavy atom. The smallest absolute Gasteiger partial charge is 0.127 e. The first kappa shape index (κ1) is 12.8. The van der Waals surface area contributed by atoms with Gasteiger partial charge in [-0.2, -0.15) is 11.8 Å². The molecule has 0 aromatic carbocycles. The lowest BCUT2D eigenvalue weighted by Crippen LogP contribution is -2.19. The van der Waals surface area contributed by atoms with Gasteiger partial charge in [-0.1, -0.05) is 20.8 Å². The lowest BCUT2D eigenvalue weighted by molar-refractivity contribution is 0.507. The van der Waals surface area contributed by atoms with Crippen molar-refractivity contribution < 1.29 is 0 Å². The summed E-state index contributed by atoms with van der Waals surface area (Å²) in [7, 11) is 0. The zero-order valence-electron chi connectivity index (χ0n) is 11.3. The Balaban J connectivity index is 2.44. The minimum atomic E-state index is 0.0636. The Labute approximate surface area is 108 Å². The van der Waals surface area contributed by atoms with Gasteiger partial charge in [-0.15, -0.1) is 0 Å². The summed E-state index contributed by atoms with van der Waals surface area (Å²) < 4.78 is 2.18. The van der Waals surface area contributed by atoms with Gasteiger partial charge >= 0.3 is 0 Å². The summed E-state index contributed by atoms with van der Waals surface area (Å²) in [6, 6.07) is 0. The van der Waals surface area contributed by atoms with E-state index in [1.807, 2.05) is 11.8 Å². The number of hydrogen-bond acceptors (Lipinski definition) is 3. The quantitative estimate of drug-likeness (QED) is 0.881.